The number of anilines is 1. The predicted molar refractivity (Wildman–Crippen MR) is 91.0 cm³/mol. The van der Waals surface area contributed by atoms with Crippen molar-refractivity contribution in [3.63, 3.8) is 0 Å². The number of nitrogens with zero attached hydrogens (tertiary/aromatic N) is 3. The highest BCUT2D eigenvalue weighted by Gasteiger charge is 2.22. The van der Waals surface area contributed by atoms with Crippen LogP contribution >= 0.6 is 11.6 Å². The van der Waals surface area contributed by atoms with Crippen LogP contribution in [0.2, 0.25) is 5.02 Å². The second-order valence-corrected chi connectivity index (χ2v) is 7.50. The van der Waals surface area contributed by atoms with Gasteiger partial charge < -0.3 is 9.80 Å². The van der Waals surface area contributed by atoms with E-state index in [9.17, 15) is 0 Å². The Balaban J connectivity index is 1.95. The summed E-state index contributed by atoms with van der Waals surface area (Å²) in [4.78, 5) is 9.14. The molecule has 1 aromatic heterocycles. The van der Waals surface area contributed by atoms with Crippen molar-refractivity contribution in [2.45, 2.75) is 34.1 Å². The summed E-state index contributed by atoms with van der Waals surface area (Å²) >= 11 is 6.31. The predicted octanol–water partition coefficient (Wildman–Crippen LogP) is 4.12. The fourth-order valence-corrected chi connectivity index (χ4v) is 3.06. The minimum absolute atomic E-state index is 0.288. The number of pyridine rings is 1. The van der Waals surface area contributed by atoms with Crippen molar-refractivity contribution in [3.05, 3.63) is 35.1 Å². The third kappa shape index (κ3) is 4.37. The van der Waals surface area contributed by atoms with Crippen molar-refractivity contribution in [1.29, 1.82) is 0 Å². The van der Waals surface area contributed by atoms with Gasteiger partial charge in [0.2, 0.25) is 0 Å². The summed E-state index contributed by atoms with van der Waals surface area (Å²) in [5.41, 5.74) is 2.63. The Hall–Kier alpha value is -1.22. The number of halogens is 1. The first kappa shape index (κ1) is 16.2. The average molecular weight is 308 g/mol. The van der Waals surface area contributed by atoms with E-state index in [1.165, 1.54) is 5.70 Å². The quantitative estimate of drug-likeness (QED) is 0.837. The van der Waals surface area contributed by atoms with Gasteiger partial charge in [0.05, 0.1) is 5.02 Å². The van der Waals surface area contributed by atoms with E-state index in [1.54, 1.807) is 0 Å². The van der Waals surface area contributed by atoms with Gasteiger partial charge in [0.15, 0.2) is 0 Å². The molecule has 0 unspecified atom stereocenters. The molecule has 1 aliphatic heterocycles. The molecule has 1 fully saturated rings. The Morgan fingerprint density at radius 3 is 2.43 bits per heavy atom. The number of hydrogen-bond acceptors (Lipinski definition) is 3. The van der Waals surface area contributed by atoms with Gasteiger partial charge in [-0.05, 0) is 30.4 Å². The minimum Gasteiger partial charge on any atom is -0.372 e. The van der Waals surface area contributed by atoms with Gasteiger partial charge in [0.1, 0.15) is 5.82 Å². The van der Waals surface area contributed by atoms with Crippen LogP contribution in [0, 0.1) is 12.3 Å². The summed E-state index contributed by atoms with van der Waals surface area (Å²) in [6.07, 6.45) is 2.92. The maximum Gasteiger partial charge on any atom is 0.147 e. The number of aryl methyl sites for hydroxylation is 1. The second kappa shape index (κ2) is 6.27. The summed E-state index contributed by atoms with van der Waals surface area (Å²) < 4.78 is 0. The van der Waals surface area contributed by atoms with Gasteiger partial charge in [-0.1, -0.05) is 39.0 Å². The lowest BCUT2D eigenvalue weighted by atomic mass is 9.90. The highest BCUT2D eigenvalue weighted by Crippen LogP contribution is 2.28. The Morgan fingerprint density at radius 2 is 1.90 bits per heavy atom. The van der Waals surface area contributed by atoms with Crippen LogP contribution in [0.1, 0.15) is 32.8 Å². The monoisotopic (exact) mass is 307 g/mol. The maximum atomic E-state index is 6.31. The van der Waals surface area contributed by atoms with Crippen LogP contribution in [0.4, 0.5) is 5.82 Å². The molecule has 0 atom stereocenters. The van der Waals surface area contributed by atoms with E-state index in [-0.39, 0.29) is 5.41 Å². The van der Waals surface area contributed by atoms with Gasteiger partial charge in [-0.3, -0.25) is 0 Å². The van der Waals surface area contributed by atoms with Crippen molar-refractivity contribution in [2.75, 3.05) is 31.1 Å². The minimum atomic E-state index is 0.288. The number of allylic oxidation sites excluding steroid dienone is 1. The van der Waals surface area contributed by atoms with Crippen LogP contribution in [-0.2, 0) is 0 Å². The molecule has 1 aliphatic rings. The topological polar surface area (TPSA) is 19.4 Å². The van der Waals surface area contributed by atoms with Crippen molar-refractivity contribution in [3.8, 4) is 0 Å². The van der Waals surface area contributed by atoms with Gasteiger partial charge in [-0.2, -0.15) is 0 Å². The molecule has 3 nitrogen and oxygen atoms in total. The molecular weight excluding hydrogens is 282 g/mol. The molecule has 0 aromatic carbocycles. The largest absolute Gasteiger partial charge is 0.372 e. The van der Waals surface area contributed by atoms with Gasteiger partial charge in [0, 0.05) is 38.1 Å². The Bertz CT molecular complexity index is 511. The molecule has 0 radical (unpaired) electrons. The molecule has 0 spiro atoms. The third-order valence-corrected chi connectivity index (χ3v) is 4.00. The molecule has 0 saturated carbocycles. The van der Waals surface area contributed by atoms with Crippen LogP contribution in [0.3, 0.4) is 0 Å². The van der Waals surface area contributed by atoms with Gasteiger partial charge in [0.25, 0.3) is 0 Å². The number of aromatic nitrogens is 1. The molecule has 0 N–H and O–H groups in total. The molecule has 0 bridgehead atoms. The van der Waals surface area contributed by atoms with Crippen LogP contribution in [0.5, 0.6) is 0 Å². The average Bonchev–Trinajstić information content (AvgIpc) is 2.37. The zero-order valence-electron chi connectivity index (χ0n) is 13.6. The van der Waals surface area contributed by atoms with Crippen LogP contribution in [0.25, 0.3) is 0 Å². The van der Waals surface area contributed by atoms with Crippen molar-refractivity contribution in [2.24, 2.45) is 5.41 Å². The molecule has 4 heteroatoms. The van der Waals surface area contributed by atoms with E-state index in [0.717, 1.165) is 49.0 Å². The molecule has 1 aromatic rings. The summed E-state index contributed by atoms with van der Waals surface area (Å²) in [6, 6.07) is 1.98. The number of hydrogen-bond donors (Lipinski definition) is 0. The van der Waals surface area contributed by atoms with Crippen LogP contribution < -0.4 is 4.90 Å². The van der Waals surface area contributed by atoms with E-state index in [1.807, 2.05) is 19.2 Å². The standard InChI is InChI=1S/C17H26ClN3/c1-13-10-15(18)16(19-12-13)21-8-6-20(7-9-21)14(2)11-17(3,4)5/h10,12H,2,6-9,11H2,1,3-5H3. The van der Waals surface area contributed by atoms with Gasteiger partial charge >= 0.3 is 0 Å². The lowest BCUT2D eigenvalue weighted by molar-refractivity contribution is 0.276. The second-order valence-electron chi connectivity index (χ2n) is 7.10. The Morgan fingerprint density at radius 1 is 1.29 bits per heavy atom. The first-order chi connectivity index (χ1) is 9.76. The Labute approximate surface area is 133 Å². The van der Waals surface area contributed by atoms with E-state index in [2.05, 4.69) is 42.1 Å². The van der Waals surface area contributed by atoms with Crippen LogP contribution in [0.15, 0.2) is 24.5 Å². The van der Waals surface area contributed by atoms with E-state index < -0.39 is 0 Å². The van der Waals surface area contributed by atoms with E-state index in [0.29, 0.717) is 0 Å². The maximum absolute atomic E-state index is 6.31. The smallest absolute Gasteiger partial charge is 0.147 e. The molecule has 0 aliphatic carbocycles. The summed E-state index contributed by atoms with van der Waals surface area (Å²) in [7, 11) is 0. The SMILES string of the molecule is C=C(CC(C)(C)C)N1CCN(c2ncc(C)cc2Cl)CC1. The summed E-state index contributed by atoms with van der Waals surface area (Å²) in [5.74, 6) is 0.906. The molecule has 2 heterocycles. The highest BCUT2D eigenvalue weighted by atomic mass is 35.5. The van der Waals surface area contributed by atoms with Crippen molar-refractivity contribution < 1.29 is 0 Å². The molecular formula is C17H26ClN3. The van der Waals surface area contributed by atoms with Crippen molar-refractivity contribution >= 4 is 17.4 Å². The summed E-state index contributed by atoms with van der Waals surface area (Å²) in [6.45, 7) is 16.9. The normalized spacial score (nSPS) is 16.2. The molecule has 0 amide bonds. The van der Waals surface area contributed by atoms with Crippen molar-refractivity contribution in [1.82, 2.24) is 9.88 Å². The van der Waals surface area contributed by atoms with E-state index in [4.69, 9.17) is 11.6 Å². The molecule has 116 valence electrons. The Kier molecular flexibility index (Phi) is 4.82. The highest BCUT2D eigenvalue weighted by molar-refractivity contribution is 6.33. The zero-order chi connectivity index (χ0) is 15.6. The third-order valence-electron chi connectivity index (χ3n) is 3.72. The molecule has 1 saturated heterocycles. The van der Waals surface area contributed by atoms with Gasteiger partial charge in [-0.15, -0.1) is 0 Å². The first-order valence-corrected chi connectivity index (χ1v) is 7.94. The van der Waals surface area contributed by atoms with E-state index >= 15 is 0 Å². The van der Waals surface area contributed by atoms with Gasteiger partial charge in [-0.25, -0.2) is 4.98 Å². The molecule has 2 rings (SSSR count). The number of piperazine rings is 1. The lowest BCUT2D eigenvalue weighted by Gasteiger charge is -2.39. The van der Waals surface area contributed by atoms with Crippen LogP contribution in [-0.4, -0.2) is 36.1 Å². The number of rotatable bonds is 3. The zero-order valence-corrected chi connectivity index (χ0v) is 14.4. The lowest BCUT2D eigenvalue weighted by Crippen LogP contribution is -2.46. The fraction of sp³-hybridized carbons (Fsp3) is 0.588. The molecule has 21 heavy (non-hydrogen) atoms. The first-order valence-electron chi connectivity index (χ1n) is 7.56. The summed E-state index contributed by atoms with van der Waals surface area (Å²) in [5, 5.41) is 0.747. The fourth-order valence-electron chi connectivity index (χ4n) is 2.72.